The van der Waals surface area contributed by atoms with Gasteiger partial charge in [0, 0.05) is 20.1 Å². The fourth-order valence-corrected chi connectivity index (χ4v) is 3.88. The summed E-state index contributed by atoms with van der Waals surface area (Å²) in [6.07, 6.45) is 7.12. The molecule has 102 valence electrons. The number of terminal acetylenes is 1. The Balaban J connectivity index is 2.12. The molecule has 0 radical (unpaired) electrons. The molecule has 1 fully saturated rings. The molecular formula is C11H14N4O3S. The van der Waals surface area contributed by atoms with Gasteiger partial charge < -0.3 is 9.47 Å². The molecule has 19 heavy (non-hydrogen) atoms. The molecule has 0 unspecified atom stereocenters. The first-order chi connectivity index (χ1) is 8.96. The van der Waals surface area contributed by atoms with Crippen molar-refractivity contribution in [1.29, 1.82) is 0 Å². The van der Waals surface area contributed by atoms with Crippen molar-refractivity contribution in [3.05, 3.63) is 6.33 Å². The van der Waals surface area contributed by atoms with Crippen LogP contribution in [0.25, 0.3) is 0 Å². The zero-order chi connectivity index (χ0) is 14.0. The Morgan fingerprint density at radius 1 is 1.47 bits per heavy atom. The Morgan fingerprint density at radius 3 is 2.58 bits per heavy atom. The zero-order valence-corrected chi connectivity index (χ0v) is 11.3. The summed E-state index contributed by atoms with van der Waals surface area (Å²) in [7, 11) is -1.92. The van der Waals surface area contributed by atoms with Crippen LogP contribution in [0.5, 0.6) is 0 Å². The van der Waals surface area contributed by atoms with Gasteiger partial charge in [0.1, 0.15) is 6.33 Å². The summed E-state index contributed by atoms with van der Waals surface area (Å²) in [5.74, 6) is 1.64. The van der Waals surface area contributed by atoms with E-state index >= 15 is 0 Å². The monoisotopic (exact) mass is 282 g/mol. The molecule has 0 N–H and O–H groups in total. The van der Waals surface area contributed by atoms with Gasteiger partial charge in [-0.15, -0.1) is 16.6 Å². The minimum absolute atomic E-state index is 0.0331. The number of hydrogen-bond donors (Lipinski definition) is 0. The summed E-state index contributed by atoms with van der Waals surface area (Å²) >= 11 is 0. The van der Waals surface area contributed by atoms with Crippen molar-refractivity contribution in [3.63, 3.8) is 0 Å². The molecular weight excluding hydrogens is 268 g/mol. The van der Waals surface area contributed by atoms with Gasteiger partial charge in [0.25, 0.3) is 5.91 Å². The topological polar surface area (TPSA) is 85.2 Å². The highest BCUT2D eigenvalue weighted by atomic mass is 32.2. The van der Waals surface area contributed by atoms with Gasteiger partial charge in [0.2, 0.25) is 15.0 Å². The lowest BCUT2D eigenvalue weighted by Crippen LogP contribution is -2.42. The summed E-state index contributed by atoms with van der Waals surface area (Å²) in [6.45, 7) is 0.704. The van der Waals surface area contributed by atoms with Crippen molar-refractivity contribution in [2.75, 3.05) is 13.1 Å². The smallest absolute Gasteiger partial charge is 0.298 e. The van der Waals surface area contributed by atoms with Gasteiger partial charge in [-0.3, -0.25) is 4.79 Å². The fourth-order valence-electron chi connectivity index (χ4n) is 2.14. The summed E-state index contributed by atoms with van der Waals surface area (Å²) < 4.78 is 26.1. The number of likely N-dealkylation sites (tertiary alicyclic amines) is 1. The standard InChI is InChI=1S/C11H14N4O3S/c1-3-10(16)15-6-4-9(5-7-15)19(17,18)11-13-12-8-14(11)2/h1,8-9H,4-7H2,2H3. The number of carbonyl (C=O) groups excluding carboxylic acids is 1. The number of nitrogens with zero attached hydrogens (tertiary/aromatic N) is 4. The Kier molecular flexibility index (Phi) is 3.57. The van der Waals surface area contributed by atoms with E-state index in [1.54, 1.807) is 7.05 Å². The minimum Gasteiger partial charge on any atom is -0.332 e. The van der Waals surface area contributed by atoms with E-state index < -0.39 is 21.0 Å². The highest BCUT2D eigenvalue weighted by Gasteiger charge is 2.35. The molecule has 0 aliphatic carbocycles. The summed E-state index contributed by atoms with van der Waals surface area (Å²) in [5.41, 5.74) is 0. The summed E-state index contributed by atoms with van der Waals surface area (Å²) in [4.78, 5) is 12.8. The van der Waals surface area contributed by atoms with Crippen LogP contribution in [-0.2, 0) is 21.7 Å². The van der Waals surface area contributed by atoms with Crippen LogP contribution < -0.4 is 0 Å². The first-order valence-electron chi connectivity index (χ1n) is 5.80. The van der Waals surface area contributed by atoms with Crippen molar-refractivity contribution in [3.8, 4) is 12.3 Å². The highest BCUT2D eigenvalue weighted by molar-refractivity contribution is 7.91. The third kappa shape index (κ3) is 2.46. The molecule has 8 heteroatoms. The van der Waals surface area contributed by atoms with Crippen LogP contribution >= 0.6 is 0 Å². The van der Waals surface area contributed by atoms with E-state index in [0.717, 1.165) is 0 Å². The van der Waals surface area contributed by atoms with Gasteiger partial charge in [0.15, 0.2) is 0 Å². The van der Waals surface area contributed by atoms with E-state index in [2.05, 4.69) is 10.2 Å². The van der Waals surface area contributed by atoms with Gasteiger partial charge in [-0.1, -0.05) is 0 Å². The third-order valence-electron chi connectivity index (χ3n) is 3.22. The lowest BCUT2D eigenvalue weighted by molar-refractivity contribution is -0.125. The number of amides is 1. The van der Waals surface area contributed by atoms with Gasteiger partial charge in [-0.25, -0.2) is 8.42 Å². The second-order valence-electron chi connectivity index (χ2n) is 4.41. The SMILES string of the molecule is C#CC(=O)N1CCC(S(=O)(=O)c2nncn2C)CC1. The lowest BCUT2D eigenvalue weighted by Gasteiger charge is -2.29. The van der Waals surface area contributed by atoms with Gasteiger partial charge in [0.05, 0.1) is 5.25 Å². The number of carbonyl (C=O) groups is 1. The maximum absolute atomic E-state index is 12.3. The molecule has 7 nitrogen and oxygen atoms in total. The molecule has 0 bridgehead atoms. The largest absolute Gasteiger partial charge is 0.332 e. The van der Waals surface area contributed by atoms with E-state index in [4.69, 9.17) is 6.42 Å². The number of hydrogen-bond acceptors (Lipinski definition) is 5. The van der Waals surface area contributed by atoms with Crippen molar-refractivity contribution in [1.82, 2.24) is 19.7 Å². The van der Waals surface area contributed by atoms with Crippen LogP contribution in [0.2, 0.25) is 0 Å². The third-order valence-corrected chi connectivity index (χ3v) is 5.44. The molecule has 2 rings (SSSR count). The average molecular weight is 282 g/mol. The van der Waals surface area contributed by atoms with Gasteiger partial charge >= 0.3 is 0 Å². The number of rotatable bonds is 2. The van der Waals surface area contributed by atoms with Crippen LogP contribution in [0.3, 0.4) is 0 Å². The Morgan fingerprint density at radius 2 is 2.11 bits per heavy atom. The van der Waals surface area contributed by atoms with Crippen LogP contribution in [-0.4, -0.2) is 52.3 Å². The highest BCUT2D eigenvalue weighted by Crippen LogP contribution is 2.22. The molecule has 2 heterocycles. The molecule has 1 aromatic rings. The van der Waals surface area contributed by atoms with Gasteiger partial charge in [-0.2, -0.15) is 0 Å². The maximum atomic E-state index is 12.3. The normalized spacial score (nSPS) is 17.2. The molecule has 0 atom stereocenters. The quantitative estimate of drug-likeness (QED) is 0.664. The van der Waals surface area contributed by atoms with E-state index in [1.807, 2.05) is 5.92 Å². The van der Waals surface area contributed by atoms with E-state index in [9.17, 15) is 13.2 Å². The van der Waals surface area contributed by atoms with E-state index in [0.29, 0.717) is 25.9 Å². The van der Waals surface area contributed by atoms with Crippen molar-refractivity contribution >= 4 is 15.7 Å². The average Bonchev–Trinajstić information content (AvgIpc) is 2.85. The Hall–Kier alpha value is -1.88. The summed E-state index contributed by atoms with van der Waals surface area (Å²) in [5, 5.41) is 6.65. The summed E-state index contributed by atoms with van der Waals surface area (Å²) in [6, 6.07) is 0. The van der Waals surface area contributed by atoms with Crippen molar-refractivity contribution < 1.29 is 13.2 Å². The zero-order valence-electron chi connectivity index (χ0n) is 10.5. The lowest BCUT2D eigenvalue weighted by atomic mass is 10.1. The Labute approximate surface area is 111 Å². The van der Waals surface area contributed by atoms with Crippen LogP contribution in [0, 0.1) is 12.3 Å². The van der Waals surface area contributed by atoms with Crippen LogP contribution in [0.4, 0.5) is 0 Å². The second-order valence-corrected chi connectivity index (χ2v) is 6.53. The van der Waals surface area contributed by atoms with Crippen LogP contribution in [0.1, 0.15) is 12.8 Å². The molecule has 1 aliphatic heterocycles. The predicted molar refractivity (Wildman–Crippen MR) is 66.6 cm³/mol. The minimum atomic E-state index is -3.51. The van der Waals surface area contributed by atoms with Gasteiger partial charge in [-0.05, 0) is 18.8 Å². The number of piperidine rings is 1. The molecule has 1 aliphatic rings. The molecule has 0 aromatic carbocycles. The second kappa shape index (κ2) is 5.01. The Bertz CT molecular complexity index is 621. The predicted octanol–water partition coefficient (Wildman–Crippen LogP) is -0.787. The number of sulfone groups is 1. The molecule has 0 saturated carbocycles. The van der Waals surface area contributed by atoms with E-state index in [1.165, 1.54) is 15.8 Å². The maximum Gasteiger partial charge on any atom is 0.298 e. The fraction of sp³-hybridized carbons (Fsp3) is 0.545. The number of aryl methyl sites for hydroxylation is 1. The molecule has 1 amide bonds. The van der Waals surface area contributed by atoms with E-state index in [-0.39, 0.29) is 5.16 Å². The molecule has 1 saturated heterocycles. The van der Waals surface area contributed by atoms with Crippen molar-refractivity contribution in [2.45, 2.75) is 23.2 Å². The van der Waals surface area contributed by atoms with Crippen molar-refractivity contribution in [2.24, 2.45) is 7.05 Å². The first-order valence-corrected chi connectivity index (χ1v) is 7.35. The number of aromatic nitrogens is 3. The molecule has 1 aromatic heterocycles. The first kappa shape index (κ1) is 13.5. The molecule has 0 spiro atoms. The van der Waals surface area contributed by atoms with Crippen LogP contribution in [0.15, 0.2) is 11.5 Å².